The van der Waals surface area contributed by atoms with Crippen molar-refractivity contribution in [1.82, 2.24) is 0 Å². The number of ether oxygens (including phenoxy) is 4. The Morgan fingerprint density at radius 2 is 0.464 bits per heavy atom. The molecular formula is C61H122O4S4. The van der Waals surface area contributed by atoms with Gasteiger partial charge in [0.05, 0.1) is 24.4 Å². The first-order valence-electron chi connectivity index (χ1n) is 30.1. The first-order valence-corrected chi connectivity index (χ1v) is 31.8. The SMILES string of the molecule is CCCCCCCCCC(CC)OC(=S)C(C)C.CCCCCCCCCC(CC)OC(=S)CC.CCCCCCCCCC(CC)OC(=S)CC.CCCCCCCCCC(CC)OC(=S)CC. The van der Waals surface area contributed by atoms with Gasteiger partial charge in [0.15, 0.2) is 20.2 Å². The largest absolute Gasteiger partial charge is 0.484 e. The van der Waals surface area contributed by atoms with Gasteiger partial charge in [0.2, 0.25) is 0 Å². The Bertz CT molecular complexity index is 973. The third kappa shape index (κ3) is 60.0. The lowest BCUT2D eigenvalue weighted by atomic mass is 10.1. The molecule has 0 spiro atoms. The molecule has 69 heavy (non-hydrogen) atoms. The predicted molar refractivity (Wildman–Crippen MR) is 327 cm³/mol. The van der Waals surface area contributed by atoms with Gasteiger partial charge in [-0.3, -0.25) is 0 Å². The minimum Gasteiger partial charge on any atom is -0.484 e. The van der Waals surface area contributed by atoms with Gasteiger partial charge in [-0.25, -0.2) is 0 Å². The van der Waals surface area contributed by atoms with Gasteiger partial charge in [0.1, 0.15) is 0 Å². The summed E-state index contributed by atoms with van der Waals surface area (Å²) in [6.07, 6.45) is 51.2. The average molecular weight is 1050 g/mol. The number of thiocarbonyl (C=S) groups is 4. The molecule has 0 amide bonds. The van der Waals surface area contributed by atoms with Crippen molar-refractivity contribution in [3.63, 3.8) is 0 Å². The molecule has 0 bridgehead atoms. The van der Waals surface area contributed by atoms with Crippen LogP contribution in [0.4, 0.5) is 0 Å². The number of hydrogen-bond donors (Lipinski definition) is 0. The Balaban J connectivity index is -0.000000408. The molecule has 0 saturated carbocycles. The summed E-state index contributed by atoms with van der Waals surface area (Å²) in [5.41, 5.74) is 0. The van der Waals surface area contributed by atoms with Crippen LogP contribution in [0.3, 0.4) is 0 Å². The second-order valence-electron chi connectivity index (χ2n) is 19.9. The smallest absolute Gasteiger partial charge is 0.162 e. The molecule has 0 aromatic heterocycles. The standard InChI is InChI=1S/C16H32OS.3C15H30OS/c1-5-7-8-9-10-11-12-13-15(6-2)17-16(18)14(3)4;3*1-4-7-8-9-10-11-12-13-14(5-2)16-15(17)6-3/h14-15H,5-13H2,1-4H3;3*14H,4-13H2,1-3H3. The zero-order chi connectivity index (χ0) is 52.6. The van der Waals surface area contributed by atoms with E-state index in [1.807, 2.05) is 0 Å². The second kappa shape index (κ2) is 61.9. The Hall–Kier alpha value is -0.440. The third-order valence-corrected chi connectivity index (χ3v) is 14.6. The van der Waals surface area contributed by atoms with E-state index in [2.05, 4.69) is 90.0 Å². The molecule has 4 atom stereocenters. The fourth-order valence-corrected chi connectivity index (χ4v) is 8.35. The molecule has 0 aliphatic heterocycles. The lowest BCUT2D eigenvalue weighted by molar-refractivity contribution is 0.165. The van der Waals surface area contributed by atoms with Crippen LogP contribution in [0.15, 0.2) is 0 Å². The van der Waals surface area contributed by atoms with Crippen LogP contribution < -0.4 is 0 Å². The molecule has 0 fully saturated rings. The monoisotopic (exact) mass is 1050 g/mol. The molecule has 0 saturated heterocycles. The fourth-order valence-electron chi connectivity index (χ4n) is 7.81. The van der Waals surface area contributed by atoms with E-state index in [4.69, 9.17) is 67.8 Å². The van der Waals surface area contributed by atoms with Crippen molar-refractivity contribution in [3.8, 4) is 0 Å². The summed E-state index contributed by atoms with van der Waals surface area (Å²) < 4.78 is 23.0. The first-order chi connectivity index (χ1) is 33.3. The van der Waals surface area contributed by atoms with Crippen molar-refractivity contribution in [1.29, 1.82) is 0 Å². The highest BCUT2D eigenvalue weighted by Gasteiger charge is 2.13. The second-order valence-corrected chi connectivity index (χ2v) is 21.7. The Morgan fingerprint density at radius 1 is 0.275 bits per heavy atom. The number of hydrogen-bond acceptors (Lipinski definition) is 8. The van der Waals surface area contributed by atoms with Gasteiger partial charge in [-0.05, 0) is 126 Å². The summed E-state index contributed by atoms with van der Waals surface area (Å²) in [5, 5.41) is 3.11. The maximum absolute atomic E-state index is 5.84. The zero-order valence-electron chi connectivity index (χ0n) is 48.7. The van der Waals surface area contributed by atoms with E-state index in [0.717, 1.165) is 71.6 Å². The molecule has 0 radical (unpaired) electrons. The van der Waals surface area contributed by atoms with Gasteiger partial charge in [0.25, 0.3) is 0 Å². The minimum atomic E-state index is 0.343. The quantitative estimate of drug-likeness (QED) is 0.0441. The van der Waals surface area contributed by atoms with E-state index in [9.17, 15) is 0 Å². The summed E-state index contributed by atoms with van der Waals surface area (Å²) >= 11 is 20.6. The molecule has 0 aromatic carbocycles. The van der Waals surface area contributed by atoms with Crippen molar-refractivity contribution >= 4 is 69.1 Å². The van der Waals surface area contributed by atoms with Crippen LogP contribution in [0.5, 0.6) is 0 Å². The minimum absolute atomic E-state index is 0.343. The molecule has 4 unspecified atom stereocenters. The highest BCUT2D eigenvalue weighted by atomic mass is 32.1. The van der Waals surface area contributed by atoms with Crippen molar-refractivity contribution in [3.05, 3.63) is 0 Å². The lowest BCUT2D eigenvalue weighted by Gasteiger charge is -2.19. The average Bonchev–Trinajstić information content (AvgIpc) is 3.36. The van der Waals surface area contributed by atoms with Crippen LogP contribution in [0.25, 0.3) is 0 Å². The fraction of sp³-hybridized carbons (Fsp3) is 0.934. The van der Waals surface area contributed by atoms with Gasteiger partial charge in [-0.15, -0.1) is 0 Å². The topological polar surface area (TPSA) is 36.9 Å². The van der Waals surface area contributed by atoms with Gasteiger partial charge in [-0.1, -0.05) is 244 Å². The van der Waals surface area contributed by atoms with Gasteiger partial charge in [-0.2, -0.15) is 0 Å². The van der Waals surface area contributed by atoms with Crippen molar-refractivity contribution in [2.45, 2.75) is 365 Å². The summed E-state index contributed by atoms with van der Waals surface area (Å²) in [4.78, 5) is 0. The van der Waals surface area contributed by atoms with Crippen LogP contribution >= 0.6 is 48.9 Å². The highest BCUT2D eigenvalue weighted by Crippen LogP contribution is 2.18. The van der Waals surface area contributed by atoms with Crippen molar-refractivity contribution in [2.24, 2.45) is 5.92 Å². The van der Waals surface area contributed by atoms with Crippen LogP contribution in [0.2, 0.25) is 0 Å². The first kappa shape index (κ1) is 75.1. The molecule has 0 aromatic rings. The molecule has 4 nitrogen and oxygen atoms in total. The molecule has 0 N–H and O–H groups in total. The Kier molecular flexibility index (Phi) is 67.3. The Morgan fingerprint density at radius 3 is 0.638 bits per heavy atom. The van der Waals surface area contributed by atoms with Crippen LogP contribution in [-0.4, -0.2) is 44.6 Å². The van der Waals surface area contributed by atoms with Gasteiger partial charge >= 0.3 is 0 Å². The Labute approximate surface area is 456 Å². The van der Waals surface area contributed by atoms with E-state index >= 15 is 0 Å². The molecule has 0 aliphatic rings. The molecule has 0 aliphatic carbocycles. The molecular weight excluding hydrogens is 925 g/mol. The third-order valence-electron chi connectivity index (χ3n) is 12.9. The van der Waals surface area contributed by atoms with E-state index in [1.54, 1.807) is 0 Å². The van der Waals surface area contributed by atoms with Crippen LogP contribution in [0, 0.1) is 5.92 Å². The highest BCUT2D eigenvalue weighted by molar-refractivity contribution is 7.80. The predicted octanol–water partition coefficient (Wildman–Crippen LogP) is 22.9. The summed E-state index contributed by atoms with van der Waals surface area (Å²) in [6, 6.07) is 0. The van der Waals surface area contributed by atoms with Crippen LogP contribution in [0.1, 0.15) is 340 Å². The molecule has 8 heteroatoms. The zero-order valence-corrected chi connectivity index (χ0v) is 52.0. The van der Waals surface area contributed by atoms with Gasteiger partial charge in [0, 0.05) is 25.2 Å². The molecule has 0 heterocycles. The van der Waals surface area contributed by atoms with E-state index in [-0.39, 0.29) is 0 Å². The summed E-state index contributed by atoms with van der Waals surface area (Å²) in [5.74, 6) is 0.364. The number of unbranched alkanes of at least 4 members (excludes halogenated alkanes) is 24. The molecule has 414 valence electrons. The lowest BCUT2D eigenvalue weighted by Crippen LogP contribution is -2.19. The van der Waals surface area contributed by atoms with E-state index < -0.39 is 0 Å². The summed E-state index contributed by atoms with van der Waals surface area (Å²) in [7, 11) is 0. The van der Waals surface area contributed by atoms with Gasteiger partial charge < -0.3 is 18.9 Å². The maximum atomic E-state index is 5.84. The van der Waals surface area contributed by atoms with E-state index in [1.165, 1.54) is 199 Å². The van der Waals surface area contributed by atoms with Crippen LogP contribution in [-0.2, 0) is 18.9 Å². The maximum Gasteiger partial charge on any atom is 0.162 e. The summed E-state index contributed by atoms with van der Waals surface area (Å²) in [6.45, 7) is 28.2. The normalized spacial score (nSPS) is 12.5. The van der Waals surface area contributed by atoms with E-state index in [0.29, 0.717) is 30.3 Å². The molecule has 0 rings (SSSR count). The van der Waals surface area contributed by atoms with Crippen molar-refractivity contribution < 1.29 is 18.9 Å². The van der Waals surface area contributed by atoms with Crippen molar-refractivity contribution in [2.75, 3.05) is 0 Å². The number of rotatable bonds is 44.